The number of benzene rings is 1. The molecule has 1 N–H and O–H groups in total. The summed E-state index contributed by atoms with van der Waals surface area (Å²) in [5.74, 6) is 0.235. The number of nitrogens with zero attached hydrogens (tertiary/aromatic N) is 1. The molecule has 4 nitrogen and oxygen atoms in total. The summed E-state index contributed by atoms with van der Waals surface area (Å²) in [7, 11) is 1.51. The van der Waals surface area contributed by atoms with Crippen molar-refractivity contribution in [2.24, 2.45) is 0 Å². The highest BCUT2D eigenvalue weighted by atomic mass is 32.2. The molecular formula is C13H15NO3S. The van der Waals surface area contributed by atoms with Gasteiger partial charge in [-0.25, -0.2) is 0 Å². The second-order valence-electron chi connectivity index (χ2n) is 4.25. The zero-order valence-corrected chi connectivity index (χ0v) is 11.4. The van der Waals surface area contributed by atoms with Crippen molar-refractivity contribution in [3.05, 3.63) is 29.3 Å². The molecule has 0 radical (unpaired) electrons. The third kappa shape index (κ3) is 3.41. The lowest BCUT2D eigenvalue weighted by atomic mass is 10.1. The number of nitriles is 1. The molecule has 0 bridgehead atoms. The Morgan fingerprint density at radius 1 is 1.56 bits per heavy atom. The lowest BCUT2D eigenvalue weighted by Crippen LogP contribution is -2.27. The summed E-state index contributed by atoms with van der Waals surface area (Å²) in [5.41, 5.74) is 1.41. The lowest BCUT2D eigenvalue weighted by Gasteiger charge is -2.18. The predicted molar refractivity (Wildman–Crippen MR) is 70.7 cm³/mol. The number of hydrogen-bond donors (Lipinski definition) is 1. The van der Waals surface area contributed by atoms with Crippen molar-refractivity contribution in [1.29, 1.82) is 5.26 Å². The summed E-state index contributed by atoms with van der Waals surface area (Å²) in [5, 5.41) is 17.9. The molecule has 0 saturated carbocycles. The molecule has 0 unspecified atom stereocenters. The molecular weight excluding hydrogens is 250 g/mol. The van der Waals surface area contributed by atoms with E-state index < -0.39 is 10.7 Å². The smallest absolute Gasteiger partial charge is 0.319 e. The standard InChI is InChI=1S/C13H15NO3S/c1-13(2,12(15)16)18-8-9-4-5-10(7-14)11(6-9)17-3/h4-6H,8H2,1-3H3,(H,15,16). The molecule has 0 saturated heterocycles. The van der Waals surface area contributed by atoms with E-state index in [0.717, 1.165) is 5.56 Å². The molecule has 0 amide bonds. The molecule has 18 heavy (non-hydrogen) atoms. The van der Waals surface area contributed by atoms with Crippen molar-refractivity contribution in [2.75, 3.05) is 7.11 Å². The molecule has 5 heteroatoms. The second kappa shape index (κ2) is 5.78. The third-order valence-electron chi connectivity index (χ3n) is 2.50. The predicted octanol–water partition coefficient (Wildman–Crippen LogP) is 2.66. The summed E-state index contributed by atoms with van der Waals surface area (Å²) in [6.07, 6.45) is 0. The molecule has 96 valence electrons. The van der Waals surface area contributed by atoms with Gasteiger partial charge in [-0.15, -0.1) is 11.8 Å². The number of carboxylic acids is 1. The van der Waals surface area contributed by atoms with Crippen LogP contribution in [-0.4, -0.2) is 22.9 Å². The van der Waals surface area contributed by atoms with Gasteiger partial charge in [0, 0.05) is 5.75 Å². The van der Waals surface area contributed by atoms with Crippen molar-refractivity contribution in [2.45, 2.75) is 24.3 Å². The minimum Gasteiger partial charge on any atom is -0.495 e. The highest BCUT2D eigenvalue weighted by Crippen LogP contribution is 2.30. The van der Waals surface area contributed by atoms with Crippen LogP contribution in [-0.2, 0) is 10.5 Å². The van der Waals surface area contributed by atoms with Gasteiger partial charge in [-0.3, -0.25) is 4.79 Å². The van der Waals surface area contributed by atoms with Crippen LogP contribution in [0, 0.1) is 11.3 Å². The molecule has 0 atom stereocenters. The topological polar surface area (TPSA) is 70.3 Å². The van der Waals surface area contributed by atoms with Gasteiger partial charge in [0.25, 0.3) is 0 Å². The Bertz CT molecular complexity index is 491. The maximum Gasteiger partial charge on any atom is 0.319 e. The first-order valence-electron chi connectivity index (χ1n) is 5.35. The summed E-state index contributed by atoms with van der Waals surface area (Å²) < 4.78 is 4.28. The highest BCUT2D eigenvalue weighted by molar-refractivity contribution is 8.00. The average molecular weight is 265 g/mol. The Labute approximate surface area is 111 Å². The first-order chi connectivity index (χ1) is 8.40. The zero-order valence-electron chi connectivity index (χ0n) is 10.6. The van der Waals surface area contributed by atoms with Crippen LogP contribution in [0.5, 0.6) is 5.75 Å². The molecule has 0 aliphatic rings. The Morgan fingerprint density at radius 3 is 2.72 bits per heavy atom. The summed E-state index contributed by atoms with van der Waals surface area (Å²) in [6.45, 7) is 3.34. The molecule has 1 aromatic rings. The monoisotopic (exact) mass is 265 g/mol. The van der Waals surface area contributed by atoms with Crippen LogP contribution in [0.3, 0.4) is 0 Å². The molecule has 0 aliphatic carbocycles. The number of rotatable bonds is 5. The number of ether oxygens (including phenoxy) is 1. The number of thioether (sulfide) groups is 1. The van der Waals surface area contributed by atoms with E-state index in [4.69, 9.17) is 15.1 Å². The molecule has 0 aromatic heterocycles. The van der Waals surface area contributed by atoms with Crippen molar-refractivity contribution in [3.63, 3.8) is 0 Å². The van der Waals surface area contributed by atoms with Crippen molar-refractivity contribution in [1.82, 2.24) is 0 Å². The van der Waals surface area contributed by atoms with E-state index >= 15 is 0 Å². The van der Waals surface area contributed by atoms with E-state index in [2.05, 4.69) is 0 Å². The first-order valence-corrected chi connectivity index (χ1v) is 6.33. The average Bonchev–Trinajstić information content (AvgIpc) is 2.35. The Kier molecular flexibility index (Phi) is 4.62. The van der Waals surface area contributed by atoms with E-state index in [1.165, 1.54) is 18.9 Å². The number of hydrogen-bond acceptors (Lipinski definition) is 4. The normalized spacial score (nSPS) is 10.8. The molecule has 0 heterocycles. The maximum absolute atomic E-state index is 11.0. The minimum atomic E-state index is -0.840. The van der Waals surface area contributed by atoms with Gasteiger partial charge >= 0.3 is 5.97 Å². The van der Waals surface area contributed by atoms with Gasteiger partial charge in [0.05, 0.1) is 12.7 Å². The minimum absolute atomic E-state index is 0.476. The largest absolute Gasteiger partial charge is 0.495 e. The van der Waals surface area contributed by atoms with Crippen molar-refractivity contribution in [3.8, 4) is 11.8 Å². The molecule has 1 aromatic carbocycles. The van der Waals surface area contributed by atoms with Crippen LogP contribution in [0.15, 0.2) is 18.2 Å². The van der Waals surface area contributed by atoms with E-state index in [1.807, 2.05) is 12.1 Å². The maximum atomic E-state index is 11.0. The number of carbonyl (C=O) groups is 1. The fourth-order valence-corrected chi connectivity index (χ4v) is 2.07. The van der Waals surface area contributed by atoms with Crippen LogP contribution in [0.1, 0.15) is 25.0 Å². The number of carboxylic acid groups (broad SMARTS) is 1. The number of methoxy groups -OCH3 is 1. The summed E-state index contributed by atoms with van der Waals surface area (Å²) >= 11 is 1.33. The van der Waals surface area contributed by atoms with E-state index in [0.29, 0.717) is 17.1 Å². The summed E-state index contributed by atoms with van der Waals surface area (Å²) in [6, 6.07) is 7.30. The fraction of sp³-hybridized carbons (Fsp3) is 0.385. The molecule has 0 aliphatic heterocycles. The zero-order chi connectivity index (χ0) is 13.8. The molecule has 0 spiro atoms. The molecule has 1 rings (SSSR count). The van der Waals surface area contributed by atoms with E-state index in [-0.39, 0.29) is 0 Å². The van der Waals surface area contributed by atoms with Crippen LogP contribution in [0.25, 0.3) is 0 Å². The van der Waals surface area contributed by atoms with Gasteiger partial charge < -0.3 is 9.84 Å². The van der Waals surface area contributed by atoms with Gasteiger partial charge in [0.2, 0.25) is 0 Å². The van der Waals surface area contributed by atoms with E-state index in [1.54, 1.807) is 26.0 Å². The van der Waals surface area contributed by atoms with Crippen LogP contribution >= 0.6 is 11.8 Å². The van der Waals surface area contributed by atoms with Gasteiger partial charge in [-0.1, -0.05) is 6.07 Å². The lowest BCUT2D eigenvalue weighted by molar-refractivity contribution is -0.138. The van der Waals surface area contributed by atoms with Crippen LogP contribution in [0.4, 0.5) is 0 Å². The SMILES string of the molecule is COc1cc(CSC(C)(C)C(=O)O)ccc1C#N. The van der Waals surface area contributed by atoms with E-state index in [9.17, 15) is 4.79 Å². The Hall–Kier alpha value is -1.67. The van der Waals surface area contributed by atoms with Crippen LogP contribution < -0.4 is 4.74 Å². The quantitative estimate of drug-likeness (QED) is 0.886. The van der Waals surface area contributed by atoms with Gasteiger partial charge in [-0.05, 0) is 31.5 Å². The Morgan fingerprint density at radius 2 is 2.22 bits per heavy atom. The highest BCUT2D eigenvalue weighted by Gasteiger charge is 2.27. The Balaban J connectivity index is 2.81. The van der Waals surface area contributed by atoms with Crippen molar-refractivity contribution >= 4 is 17.7 Å². The third-order valence-corrected chi connectivity index (χ3v) is 3.88. The summed E-state index contributed by atoms with van der Waals surface area (Å²) in [4.78, 5) is 11.0. The second-order valence-corrected chi connectivity index (χ2v) is 5.85. The molecule has 0 fully saturated rings. The van der Waals surface area contributed by atoms with Crippen molar-refractivity contribution < 1.29 is 14.6 Å². The number of aliphatic carboxylic acids is 1. The van der Waals surface area contributed by atoms with Gasteiger partial charge in [0.15, 0.2) is 0 Å². The fourth-order valence-electron chi connectivity index (χ4n) is 1.24. The van der Waals surface area contributed by atoms with Gasteiger partial charge in [-0.2, -0.15) is 5.26 Å². The van der Waals surface area contributed by atoms with Crippen LogP contribution in [0.2, 0.25) is 0 Å². The first kappa shape index (κ1) is 14.4. The van der Waals surface area contributed by atoms with Gasteiger partial charge in [0.1, 0.15) is 16.6 Å².